The summed E-state index contributed by atoms with van der Waals surface area (Å²) in [7, 11) is 0. The largest absolute Gasteiger partial charge is 0.330 e. The van der Waals surface area contributed by atoms with E-state index in [0.717, 1.165) is 32.2 Å². The first-order valence-corrected chi connectivity index (χ1v) is 5.64. The van der Waals surface area contributed by atoms with Crippen LogP contribution in [0.1, 0.15) is 24.8 Å². The Labute approximate surface area is 91.3 Å². The fourth-order valence-electron chi connectivity index (χ4n) is 1.45. The molecule has 1 rings (SSSR count). The number of alkyl halides is 1. The monoisotopic (exact) mass is 211 g/mol. The number of benzene rings is 1. The Morgan fingerprint density at radius 1 is 1.14 bits per heavy atom. The van der Waals surface area contributed by atoms with Crippen LogP contribution in [0.5, 0.6) is 0 Å². The molecular weight excluding hydrogens is 194 g/mol. The van der Waals surface area contributed by atoms with Crippen LogP contribution in [0.4, 0.5) is 0 Å². The number of nitrogens with two attached hydrogens (primary N) is 1. The summed E-state index contributed by atoms with van der Waals surface area (Å²) >= 11 is 6.15. The molecule has 0 saturated heterocycles. The highest BCUT2D eigenvalue weighted by Crippen LogP contribution is 2.13. The van der Waals surface area contributed by atoms with Gasteiger partial charge in [-0.1, -0.05) is 30.3 Å². The van der Waals surface area contributed by atoms with Gasteiger partial charge in [0.2, 0.25) is 0 Å². The van der Waals surface area contributed by atoms with Crippen molar-refractivity contribution in [2.24, 2.45) is 5.73 Å². The van der Waals surface area contributed by atoms with Crippen molar-refractivity contribution in [3.05, 3.63) is 35.9 Å². The maximum atomic E-state index is 6.15. The summed E-state index contributed by atoms with van der Waals surface area (Å²) in [6, 6.07) is 10.5. The third-order valence-electron chi connectivity index (χ3n) is 2.31. The van der Waals surface area contributed by atoms with Gasteiger partial charge in [0.05, 0.1) is 0 Å². The lowest BCUT2D eigenvalue weighted by molar-refractivity contribution is 0.655. The first-order valence-electron chi connectivity index (χ1n) is 5.21. The fourth-order valence-corrected chi connectivity index (χ4v) is 1.72. The molecule has 0 heterocycles. The summed E-state index contributed by atoms with van der Waals surface area (Å²) in [5.74, 6) is 0. The van der Waals surface area contributed by atoms with E-state index >= 15 is 0 Å². The van der Waals surface area contributed by atoms with Gasteiger partial charge in [0, 0.05) is 5.38 Å². The summed E-state index contributed by atoms with van der Waals surface area (Å²) < 4.78 is 0. The number of hydrogen-bond acceptors (Lipinski definition) is 1. The molecule has 0 amide bonds. The molecule has 0 aliphatic rings. The minimum atomic E-state index is 0.277. The Bertz CT molecular complexity index is 235. The Morgan fingerprint density at radius 3 is 2.50 bits per heavy atom. The van der Waals surface area contributed by atoms with Gasteiger partial charge in [0.1, 0.15) is 0 Å². The van der Waals surface area contributed by atoms with E-state index in [9.17, 15) is 0 Å². The van der Waals surface area contributed by atoms with Crippen molar-refractivity contribution in [2.75, 3.05) is 6.54 Å². The third kappa shape index (κ3) is 4.64. The molecule has 1 atom stereocenters. The quantitative estimate of drug-likeness (QED) is 0.720. The van der Waals surface area contributed by atoms with Gasteiger partial charge >= 0.3 is 0 Å². The zero-order chi connectivity index (χ0) is 10.2. The molecule has 0 saturated carbocycles. The van der Waals surface area contributed by atoms with E-state index in [0.29, 0.717) is 0 Å². The van der Waals surface area contributed by atoms with Gasteiger partial charge in [-0.2, -0.15) is 0 Å². The standard InChI is InChI=1S/C12H18ClN/c13-12(7-4-10-14)9-8-11-5-2-1-3-6-11/h1-3,5-6,12H,4,7-10,14H2. The zero-order valence-electron chi connectivity index (χ0n) is 8.45. The maximum absolute atomic E-state index is 6.15. The molecule has 1 unspecified atom stereocenters. The molecule has 14 heavy (non-hydrogen) atoms. The molecule has 1 aromatic rings. The lowest BCUT2D eigenvalue weighted by Gasteiger charge is -2.08. The van der Waals surface area contributed by atoms with Crippen LogP contribution in [0.25, 0.3) is 0 Å². The average molecular weight is 212 g/mol. The summed E-state index contributed by atoms with van der Waals surface area (Å²) in [4.78, 5) is 0. The zero-order valence-corrected chi connectivity index (χ0v) is 9.21. The lowest BCUT2D eigenvalue weighted by atomic mass is 10.1. The summed E-state index contributed by atoms with van der Waals surface area (Å²) in [5, 5.41) is 0.277. The van der Waals surface area contributed by atoms with Gasteiger partial charge in [-0.15, -0.1) is 11.6 Å². The first kappa shape index (κ1) is 11.5. The number of aryl methyl sites for hydroxylation is 1. The van der Waals surface area contributed by atoms with E-state index < -0.39 is 0 Å². The van der Waals surface area contributed by atoms with E-state index in [1.165, 1.54) is 5.56 Å². The van der Waals surface area contributed by atoms with Crippen molar-refractivity contribution in [2.45, 2.75) is 31.1 Å². The molecule has 0 aliphatic heterocycles. The second kappa shape index (κ2) is 6.86. The molecule has 0 spiro atoms. The molecule has 2 heteroatoms. The van der Waals surface area contributed by atoms with Crippen molar-refractivity contribution >= 4 is 11.6 Å². The van der Waals surface area contributed by atoms with Crippen molar-refractivity contribution < 1.29 is 0 Å². The van der Waals surface area contributed by atoms with E-state index in [1.807, 2.05) is 6.07 Å². The molecule has 0 fully saturated rings. The van der Waals surface area contributed by atoms with Crippen LogP contribution in [-0.4, -0.2) is 11.9 Å². The van der Waals surface area contributed by atoms with E-state index in [2.05, 4.69) is 24.3 Å². The highest BCUT2D eigenvalue weighted by atomic mass is 35.5. The summed E-state index contributed by atoms with van der Waals surface area (Å²) in [5.41, 5.74) is 6.79. The molecule has 78 valence electrons. The van der Waals surface area contributed by atoms with Crippen molar-refractivity contribution in [1.82, 2.24) is 0 Å². The molecular formula is C12H18ClN. The molecule has 0 aromatic heterocycles. The van der Waals surface area contributed by atoms with Gasteiger partial charge in [-0.25, -0.2) is 0 Å². The minimum absolute atomic E-state index is 0.277. The van der Waals surface area contributed by atoms with Crippen molar-refractivity contribution in [1.29, 1.82) is 0 Å². The van der Waals surface area contributed by atoms with Crippen molar-refractivity contribution in [3.8, 4) is 0 Å². The van der Waals surface area contributed by atoms with E-state index in [1.54, 1.807) is 0 Å². The maximum Gasteiger partial charge on any atom is 0.0339 e. The number of rotatable bonds is 6. The van der Waals surface area contributed by atoms with Crippen LogP contribution in [0.2, 0.25) is 0 Å². The Kier molecular flexibility index (Phi) is 5.65. The normalized spacial score (nSPS) is 12.7. The first-order chi connectivity index (χ1) is 6.83. The van der Waals surface area contributed by atoms with Crippen LogP contribution in [0, 0.1) is 0 Å². The van der Waals surface area contributed by atoms with E-state index in [4.69, 9.17) is 17.3 Å². The number of hydrogen-bond donors (Lipinski definition) is 1. The molecule has 0 radical (unpaired) electrons. The molecule has 2 N–H and O–H groups in total. The third-order valence-corrected chi connectivity index (χ3v) is 2.75. The predicted molar refractivity (Wildman–Crippen MR) is 62.7 cm³/mol. The van der Waals surface area contributed by atoms with Gasteiger partial charge < -0.3 is 5.73 Å². The Morgan fingerprint density at radius 2 is 1.86 bits per heavy atom. The van der Waals surface area contributed by atoms with Crippen LogP contribution in [-0.2, 0) is 6.42 Å². The average Bonchev–Trinajstić information content (AvgIpc) is 2.25. The Hall–Kier alpha value is -0.530. The Balaban J connectivity index is 2.20. The van der Waals surface area contributed by atoms with Crippen LogP contribution in [0.15, 0.2) is 30.3 Å². The molecule has 0 aliphatic carbocycles. The van der Waals surface area contributed by atoms with Crippen molar-refractivity contribution in [3.63, 3.8) is 0 Å². The molecule has 1 aromatic carbocycles. The number of halogens is 1. The van der Waals surface area contributed by atoms with Gasteiger partial charge in [-0.3, -0.25) is 0 Å². The predicted octanol–water partition coefficient (Wildman–Crippen LogP) is 2.97. The van der Waals surface area contributed by atoms with E-state index in [-0.39, 0.29) is 5.38 Å². The fraction of sp³-hybridized carbons (Fsp3) is 0.500. The summed E-state index contributed by atoms with van der Waals surface area (Å²) in [6.07, 6.45) is 4.18. The van der Waals surface area contributed by atoms with Crippen LogP contribution in [0.3, 0.4) is 0 Å². The second-order valence-electron chi connectivity index (χ2n) is 3.55. The van der Waals surface area contributed by atoms with Gasteiger partial charge in [-0.05, 0) is 37.8 Å². The summed E-state index contributed by atoms with van der Waals surface area (Å²) in [6.45, 7) is 0.745. The highest BCUT2D eigenvalue weighted by Gasteiger charge is 2.03. The molecule has 0 bridgehead atoms. The van der Waals surface area contributed by atoms with Gasteiger partial charge in [0.25, 0.3) is 0 Å². The smallest absolute Gasteiger partial charge is 0.0339 e. The van der Waals surface area contributed by atoms with Crippen LogP contribution >= 0.6 is 11.6 Å². The second-order valence-corrected chi connectivity index (χ2v) is 4.17. The minimum Gasteiger partial charge on any atom is -0.330 e. The highest BCUT2D eigenvalue weighted by molar-refractivity contribution is 6.20. The molecule has 1 nitrogen and oxygen atoms in total. The van der Waals surface area contributed by atoms with Crippen LogP contribution < -0.4 is 5.73 Å². The van der Waals surface area contributed by atoms with Gasteiger partial charge in [0.15, 0.2) is 0 Å². The SMILES string of the molecule is NCCCC(Cl)CCc1ccccc1. The lowest BCUT2D eigenvalue weighted by Crippen LogP contribution is -2.05. The topological polar surface area (TPSA) is 26.0 Å².